The van der Waals surface area contributed by atoms with E-state index in [2.05, 4.69) is 0 Å². The van der Waals surface area contributed by atoms with Crippen molar-refractivity contribution in [2.45, 2.75) is 39.2 Å². The molecule has 1 atom stereocenters. The topological polar surface area (TPSA) is 104 Å². The van der Waals surface area contributed by atoms with Crippen LogP contribution in [-0.4, -0.2) is 30.9 Å². The Bertz CT molecular complexity index is 1380. The van der Waals surface area contributed by atoms with E-state index < -0.39 is 5.82 Å². The normalized spacial score (nSPS) is 12.0. The first-order chi connectivity index (χ1) is 17.9. The van der Waals surface area contributed by atoms with Crippen LogP contribution >= 0.6 is 0 Å². The zero-order chi connectivity index (χ0) is 26.4. The number of esters is 1. The standard InChI is InChI=1S/C29H30FNO6/c1-18(16-34-2)36-27(33)13-20-6-3-4-9-26(20)35-17-19-10-22-12-23(15-32)37-29(22)25(11-19)24-8-5-7-21(14-31)28(24)30/h3-12,18,32H,13-17,31H2,1-2H3. The van der Waals surface area contributed by atoms with Crippen LogP contribution in [0.15, 0.2) is 65.1 Å². The van der Waals surface area contributed by atoms with Gasteiger partial charge >= 0.3 is 5.97 Å². The Morgan fingerprint density at radius 2 is 1.86 bits per heavy atom. The molecule has 4 aromatic rings. The van der Waals surface area contributed by atoms with E-state index in [9.17, 15) is 9.90 Å². The summed E-state index contributed by atoms with van der Waals surface area (Å²) >= 11 is 0. The predicted molar refractivity (Wildman–Crippen MR) is 137 cm³/mol. The third kappa shape index (κ3) is 6.17. The Kier molecular flexibility index (Phi) is 8.55. The van der Waals surface area contributed by atoms with Crippen LogP contribution in [0.25, 0.3) is 22.1 Å². The second kappa shape index (κ2) is 12.0. The summed E-state index contributed by atoms with van der Waals surface area (Å²) in [6.45, 7) is 2.02. The molecule has 0 aliphatic carbocycles. The van der Waals surface area contributed by atoms with Gasteiger partial charge in [-0.15, -0.1) is 0 Å². The number of aliphatic hydroxyl groups excluding tert-OH is 1. The zero-order valence-corrected chi connectivity index (χ0v) is 20.8. The summed E-state index contributed by atoms with van der Waals surface area (Å²) in [7, 11) is 1.55. The summed E-state index contributed by atoms with van der Waals surface area (Å²) in [5, 5.41) is 10.3. The lowest BCUT2D eigenvalue weighted by molar-refractivity contribution is -0.149. The summed E-state index contributed by atoms with van der Waals surface area (Å²) in [5.41, 5.74) is 8.90. The van der Waals surface area contributed by atoms with Crippen molar-refractivity contribution in [2.75, 3.05) is 13.7 Å². The molecular formula is C29H30FNO6. The predicted octanol–water partition coefficient (Wildman–Crippen LogP) is 4.89. The molecule has 0 radical (unpaired) electrons. The van der Waals surface area contributed by atoms with Crippen LogP contribution in [0.3, 0.4) is 0 Å². The van der Waals surface area contributed by atoms with Crippen LogP contribution in [0.2, 0.25) is 0 Å². The van der Waals surface area contributed by atoms with Gasteiger partial charge in [-0.1, -0.05) is 36.4 Å². The number of halogens is 1. The minimum atomic E-state index is -0.419. The Morgan fingerprint density at radius 1 is 1.08 bits per heavy atom. The number of benzene rings is 3. The van der Waals surface area contributed by atoms with Crippen molar-refractivity contribution < 1.29 is 32.9 Å². The number of nitrogens with two attached hydrogens (primary N) is 1. The molecule has 4 rings (SSSR count). The molecule has 0 spiro atoms. The van der Waals surface area contributed by atoms with E-state index in [1.165, 1.54) is 0 Å². The number of hydrogen-bond acceptors (Lipinski definition) is 7. The van der Waals surface area contributed by atoms with Crippen molar-refractivity contribution in [3.05, 3.63) is 88.9 Å². The van der Waals surface area contributed by atoms with Crippen LogP contribution in [-0.2, 0) is 40.4 Å². The van der Waals surface area contributed by atoms with Gasteiger partial charge in [0.2, 0.25) is 0 Å². The highest BCUT2D eigenvalue weighted by Gasteiger charge is 2.18. The maximum Gasteiger partial charge on any atom is 0.310 e. The molecule has 0 saturated carbocycles. The number of methoxy groups -OCH3 is 1. The van der Waals surface area contributed by atoms with Crippen LogP contribution in [0.5, 0.6) is 5.75 Å². The first kappa shape index (κ1) is 26.3. The van der Waals surface area contributed by atoms with E-state index in [-0.39, 0.29) is 38.3 Å². The number of rotatable bonds is 11. The first-order valence-electron chi connectivity index (χ1n) is 12.0. The van der Waals surface area contributed by atoms with Crippen LogP contribution < -0.4 is 10.5 Å². The van der Waals surface area contributed by atoms with Gasteiger partial charge in [0.1, 0.15) is 42.2 Å². The number of fused-ring (bicyclic) bond motifs is 1. The molecule has 3 aromatic carbocycles. The maximum absolute atomic E-state index is 15.2. The quantitative estimate of drug-likeness (QED) is 0.279. The van der Waals surface area contributed by atoms with Crippen LogP contribution in [0.4, 0.5) is 4.39 Å². The summed E-state index contributed by atoms with van der Waals surface area (Å²) in [4.78, 5) is 12.4. The largest absolute Gasteiger partial charge is 0.489 e. The highest BCUT2D eigenvalue weighted by atomic mass is 19.1. The number of hydrogen-bond donors (Lipinski definition) is 2. The molecule has 8 heteroatoms. The lowest BCUT2D eigenvalue weighted by atomic mass is 9.98. The van der Waals surface area contributed by atoms with Gasteiger partial charge in [0.25, 0.3) is 0 Å². The van der Waals surface area contributed by atoms with Gasteiger partial charge in [0, 0.05) is 41.3 Å². The smallest absolute Gasteiger partial charge is 0.310 e. The van der Waals surface area contributed by atoms with Gasteiger partial charge in [0.05, 0.1) is 13.0 Å². The number of carbonyl (C=O) groups excluding carboxylic acids is 1. The first-order valence-corrected chi connectivity index (χ1v) is 12.0. The van der Waals surface area contributed by atoms with Gasteiger partial charge < -0.3 is 29.5 Å². The minimum absolute atomic E-state index is 0.0488. The second-order valence-electron chi connectivity index (χ2n) is 8.74. The maximum atomic E-state index is 15.2. The van der Waals surface area contributed by atoms with Crippen molar-refractivity contribution in [3.8, 4) is 16.9 Å². The van der Waals surface area contributed by atoms with Gasteiger partial charge in [-0.05, 0) is 36.8 Å². The molecule has 7 nitrogen and oxygen atoms in total. The van der Waals surface area contributed by atoms with E-state index in [4.69, 9.17) is 24.4 Å². The minimum Gasteiger partial charge on any atom is -0.489 e. The average molecular weight is 508 g/mol. The average Bonchev–Trinajstić information content (AvgIpc) is 3.31. The third-order valence-electron chi connectivity index (χ3n) is 5.91. The van der Waals surface area contributed by atoms with Crippen LogP contribution in [0, 0.1) is 5.82 Å². The molecule has 37 heavy (non-hydrogen) atoms. The summed E-state index contributed by atoms with van der Waals surface area (Å²) in [6.07, 6.45) is -0.305. The van der Waals surface area contributed by atoms with Crippen LogP contribution in [0.1, 0.15) is 29.4 Å². The van der Waals surface area contributed by atoms with Crippen molar-refractivity contribution in [2.24, 2.45) is 5.73 Å². The molecule has 0 fully saturated rings. The molecule has 1 heterocycles. The summed E-state index contributed by atoms with van der Waals surface area (Å²) in [5.74, 6) is 0.115. The SMILES string of the molecule is COCC(C)OC(=O)Cc1ccccc1OCc1cc(-c2cccc(CN)c2F)c2oc(CO)cc2c1. The fourth-order valence-electron chi connectivity index (χ4n) is 4.22. The highest BCUT2D eigenvalue weighted by Crippen LogP contribution is 2.35. The highest BCUT2D eigenvalue weighted by molar-refractivity contribution is 5.94. The summed E-state index contributed by atoms with van der Waals surface area (Å²) in [6, 6.07) is 17.7. The fourth-order valence-corrected chi connectivity index (χ4v) is 4.22. The Labute approximate surface area is 214 Å². The lowest BCUT2D eigenvalue weighted by Crippen LogP contribution is -2.21. The molecule has 194 valence electrons. The monoisotopic (exact) mass is 507 g/mol. The molecular weight excluding hydrogens is 477 g/mol. The van der Waals surface area contributed by atoms with E-state index in [0.29, 0.717) is 51.3 Å². The van der Waals surface area contributed by atoms with E-state index in [1.807, 2.05) is 24.3 Å². The fraction of sp³-hybridized carbons (Fsp3) is 0.276. The molecule has 1 aromatic heterocycles. The Morgan fingerprint density at radius 3 is 2.62 bits per heavy atom. The number of aliphatic hydroxyl groups is 1. The summed E-state index contributed by atoms with van der Waals surface area (Å²) < 4.78 is 37.5. The Balaban J connectivity index is 1.62. The van der Waals surface area contributed by atoms with E-state index in [1.54, 1.807) is 50.4 Å². The van der Waals surface area contributed by atoms with Gasteiger partial charge in [-0.2, -0.15) is 0 Å². The van der Waals surface area contributed by atoms with Crippen molar-refractivity contribution in [3.63, 3.8) is 0 Å². The molecule has 0 aliphatic heterocycles. The molecule has 1 unspecified atom stereocenters. The lowest BCUT2D eigenvalue weighted by Gasteiger charge is -2.15. The number of ether oxygens (including phenoxy) is 3. The molecule has 0 aliphatic rings. The number of carbonyl (C=O) groups is 1. The molecule has 3 N–H and O–H groups in total. The van der Waals surface area contributed by atoms with Gasteiger partial charge in [0.15, 0.2) is 0 Å². The third-order valence-corrected chi connectivity index (χ3v) is 5.91. The van der Waals surface area contributed by atoms with Crippen molar-refractivity contribution >= 4 is 16.9 Å². The molecule has 0 saturated heterocycles. The molecule has 0 bridgehead atoms. The van der Waals surface area contributed by atoms with Gasteiger partial charge in [-0.3, -0.25) is 4.79 Å². The van der Waals surface area contributed by atoms with Crippen molar-refractivity contribution in [1.29, 1.82) is 0 Å². The van der Waals surface area contributed by atoms with Crippen molar-refractivity contribution in [1.82, 2.24) is 0 Å². The Hall–Kier alpha value is -3.72. The molecule has 0 amide bonds. The number of para-hydroxylation sites is 1. The van der Waals surface area contributed by atoms with E-state index in [0.717, 1.165) is 5.56 Å². The zero-order valence-electron chi connectivity index (χ0n) is 20.8. The van der Waals surface area contributed by atoms with E-state index >= 15 is 4.39 Å². The number of furan rings is 1. The van der Waals surface area contributed by atoms with Gasteiger partial charge in [-0.25, -0.2) is 4.39 Å². The second-order valence-corrected chi connectivity index (χ2v) is 8.74.